The van der Waals surface area contributed by atoms with Gasteiger partial charge in [0.25, 0.3) is 0 Å². The van der Waals surface area contributed by atoms with Crippen molar-refractivity contribution in [1.82, 2.24) is 0 Å². The van der Waals surface area contributed by atoms with Crippen molar-refractivity contribution in [3.63, 3.8) is 0 Å². The maximum Gasteiger partial charge on any atom is 2.00 e. The molecule has 0 spiro atoms. The molecule has 4 N–H and O–H groups in total. The van der Waals surface area contributed by atoms with Crippen LogP contribution in [-0.2, 0) is 51.2 Å². The minimum Gasteiger partial charge on any atom is -0.870 e. The molecule has 83 valence electrons. The number of carbonyl (C=O) groups excluding carboxylic acids is 1. The Kier molecular flexibility index (Phi) is 665. The van der Waals surface area contributed by atoms with E-state index in [1.807, 2.05) is 0 Å². The van der Waals surface area contributed by atoms with Crippen molar-refractivity contribution < 1.29 is 88.1 Å². The van der Waals surface area contributed by atoms with Gasteiger partial charge in [-0.25, -0.2) is 0 Å². The largest absolute Gasteiger partial charge is 2.00 e. The van der Waals surface area contributed by atoms with Crippen LogP contribution in [0, 0.1) is 0 Å². The Bertz CT molecular complexity index is 36.7. The number of hydrogen-bond donors (Lipinski definition) is 0. The Morgan fingerprint density at radius 2 is 0.727 bits per heavy atom. The Morgan fingerprint density at radius 1 is 0.727 bits per heavy atom. The first-order valence-electron chi connectivity index (χ1n) is 0.612. The fourth-order valence-electron chi connectivity index (χ4n) is 0. The Balaban J connectivity index is -0.00000000214. The molecule has 0 fully saturated rings. The molecular weight excluding hydrogens is 315 g/mol. The first-order chi connectivity index (χ1) is 1.73. The Morgan fingerprint density at radius 3 is 0.727 bits per heavy atom. The van der Waals surface area contributed by atoms with Crippen LogP contribution in [-0.4, -0.2) is 28.1 Å². The van der Waals surface area contributed by atoms with Crippen LogP contribution in [0.1, 0.15) is 0 Å². The second-order valence-corrected chi connectivity index (χ2v) is 0.250. The Hall–Kier alpha value is 0.668. The van der Waals surface area contributed by atoms with E-state index in [1.165, 1.54) is 0 Å². The second kappa shape index (κ2) is 74.1. The van der Waals surface area contributed by atoms with Gasteiger partial charge in [-0.2, -0.15) is 0 Å². The fraction of sp³-hybridized carbons (Fsp3) is 0. The molecule has 0 saturated carbocycles. The number of hydrogen-bond acceptors (Lipinski definition) is 7. The molecule has 0 amide bonds. The molecule has 0 aliphatic carbocycles. The van der Waals surface area contributed by atoms with Crippen molar-refractivity contribution in [3.05, 3.63) is 0 Å². The van der Waals surface area contributed by atoms with Gasteiger partial charge in [-0.05, 0) is 6.16 Å². The van der Waals surface area contributed by atoms with Gasteiger partial charge in [-0.15, -0.1) is 0 Å². The summed E-state index contributed by atoms with van der Waals surface area (Å²) < 4.78 is 0. The van der Waals surface area contributed by atoms with E-state index in [4.69, 9.17) is 15.0 Å². The van der Waals surface area contributed by atoms with E-state index in [0.29, 0.717) is 0 Å². The van der Waals surface area contributed by atoms with Crippen molar-refractivity contribution in [2.75, 3.05) is 0 Å². The molecular formula is CH4Cu3O7. The van der Waals surface area contributed by atoms with Crippen molar-refractivity contribution >= 4 is 6.16 Å². The van der Waals surface area contributed by atoms with E-state index in [9.17, 15) is 0 Å². The van der Waals surface area contributed by atoms with Gasteiger partial charge in [0.2, 0.25) is 0 Å². The zero-order valence-corrected chi connectivity index (χ0v) is 7.24. The van der Waals surface area contributed by atoms with E-state index in [2.05, 4.69) is 0 Å². The van der Waals surface area contributed by atoms with Crippen LogP contribution in [0.4, 0.5) is 4.79 Å². The predicted molar refractivity (Wildman–Crippen MR) is 13.1 cm³/mol. The van der Waals surface area contributed by atoms with Gasteiger partial charge >= 0.3 is 51.2 Å². The third kappa shape index (κ3) is 1790. The predicted octanol–water partition coefficient (Wildman–Crippen LogP) is -3.16. The average molecular weight is 319 g/mol. The van der Waals surface area contributed by atoms with Gasteiger partial charge in [-0.1, -0.05) is 0 Å². The van der Waals surface area contributed by atoms with Gasteiger partial charge in [-0.3, -0.25) is 0 Å². The molecule has 0 aromatic carbocycles. The van der Waals surface area contributed by atoms with Gasteiger partial charge in [0.05, 0.1) is 0 Å². The molecule has 0 aromatic rings. The maximum atomic E-state index is 8.33. The monoisotopic (exact) mass is 317 g/mol. The molecule has 0 aliphatic heterocycles. The fourth-order valence-corrected chi connectivity index (χ4v) is 0. The van der Waals surface area contributed by atoms with Crippen LogP contribution >= 0.6 is 0 Å². The molecule has 0 rings (SSSR count). The molecule has 0 aromatic heterocycles. The third-order valence-corrected chi connectivity index (χ3v) is 0. The van der Waals surface area contributed by atoms with Gasteiger partial charge in [0.15, 0.2) is 0 Å². The summed E-state index contributed by atoms with van der Waals surface area (Å²) in [7, 11) is 0. The van der Waals surface area contributed by atoms with Crippen molar-refractivity contribution in [2.45, 2.75) is 0 Å². The summed E-state index contributed by atoms with van der Waals surface area (Å²) in [4.78, 5) is 8.33. The molecule has 0 unspecified atom stereocenters. The summed E-state index contributed by atoms with van der Waals surface area (Å²) in [6, 6.07) is 0. The smallest absolute Gasteiger partial charge is 0.870 e. The molecule has 3 radical (unpaired) electrons. The summed E-state index contributed by atoms with van der Waals surface area (Å²) in [6.07, 6.45) is -2.33. The van der Waals surface area contributed by atoms with Crippen LogP contribution in [0.25, 0.3) is 0 Å². The van der Waals surface area contributed by atoms with Gasteiger partial charge in [0, 0.05) is 0 Å². The number of carboxylic acid groups (broad SMARTS) is 2. The molecule has 0 heterocycles. The average Bonchev–Trinajstić information content (AvgIpc) is 0.811. The molecule has 10 heteroatoms. The molecule has 11 heavy (non-hydrogen) atoms. The normalized spacial score (nSPS) is 2.18. The van der Waals surface area contributed by atoms with Crippen LogP contribution in [0.15, 0.2) is 0 Å². The molecule has 0 saturated heterocycles. The van der Waals surface area contributed by atoms with Crippen LogP contribution in [0.3, 0.4) is 0 Å². The quantitative estimate of drug-likeness (QED) is 0.422. The molecule has 0 atom stereocenters. The van der Waals surface area contributed by atoms with E-state index < -0.39 is 6.16 Å². The standard InChI is InChI=1S/CH2O3.3Cu.4H2O/c2-1(3)4;;;;;;;/h(H2,2,3,4);;;;4*1H2/q;3*+2;;;;/p-6. The van der Waals surface area contributed by atoms with Gasteiger partial charge in [0.1, 0.15) is 0 Å². The SMILES string of the molecule is O=C([O-])[O-].[Cu+2].[Cu+2].[Cu+2].[OH-].[OH-].[OH-].[OH-]. The summed E-state index contributed by atoms with van der Waals surface area (Å²) in [5, 5.41) is 16.7. The van der Waals surface area contributed by atoms with Crippen molar-refractivity contribution in [1.29, 1.82) is 0 Å². The van der Waals surface area contributed by atoms with Gasteiger partial charge < -0.3 is 36.9 Å². The van der Waals surface area contributed by atoms with E-state index in [0.717, 1.165) is 0 Å². The summed E-state index contributed by atoms with van der Waals surface area (Å²) in [5.41, 5.74) is 0. The van der Waals surface area contributed by atoms with Crippen LogP contribution < -0.4 is 10.2 Å². The molecule has 0 bridgehead atoms. The number of rotatable bonds is 0. The number of carbonyl (C=O) groups is 1. The first-order valence-corrected chi connectivity index (χ1v) is 0.612. The second-order valence-electron chi connectivity index (χ2n) is 0.250. The minimum atomic E-state index is -2.33. The third-order valence-electron chi connectivity index (χ3n) is 0. The van der Waals surface area contributed by atoms with E-state index >= 15 is 0 Å². The minimum absolute atomic E-state index is 0. The summed E-state index contributed by atoms with van der Waals surface area (Å²) in [5.74, 6) is 0. The van der Waals surface area contributed by atoms with E-state index in [1.54, 1.807) is 0 Å². The topological polar surface area (TPSA) is 183 Å². The zero-order chi connectivity index (χ0) is 3.58. The zero-order valence-electron chi connectivity index (χ0n) is 4.42. The summed E-state index contributed by atoms with van der Waals surface area (Å²) >= 11 is 0. The van der Waals surface area contributed by atoms with Crippen molar-refractivity contribution in [2.24, 2.45) is 0 Å². The first kappa shape index (κ1) is 98.7. The van der Waals surface area contributed by atoms with E-state index in [-0.39, 0.29) is 73.1 Å². The van der Waals surface area contributed by atoms with Crippen LogP contribution in [0.2, 0.25) is 0 Å². The summed E-state index contributed by atoms with van der Waals surface area (Å²) in [6.45, 7) is 0. The molecule has 0 aliphatic rings. The maximum absolute atomic E-state index is 8.33. The van der Waals surface area contributed by atoms with Crippen LogP contribution in [0.5, 0.6) is 0 Å². The Labute approximate surface area is 94.2 Å². The molecule has 7 nitrogen and oxygen atoms in total. The van der Waals surface area contributed by atoms with Crippen molar-refractivity contribution in [3.8, 4) is 0 Å².